The third kappa shape index (κ3) is 2.68. The summed E-state index contributed by atoms with van der Waals surface area (Å²) in [6, 6.07) is 17.5. The summed E-state index contributed by atoms with van der Waals surface area (Å²) in [6.45, 7) is 2.73. The lowest BCUT2D eigenvalue weighted by molar-refractivity contribution is 0.466. The number of benzene rings is 2. The quantitative estimate of drug-likeness (QED) is 0.751. The van der Waals surface area contributed by atoms with E-state index in [4.69, 9.17) is 4.42 Å². The number of phenolic OH excluding ortho intramolecular Hbond substituents is 1. The summed E-state index contributed by atoms with van der Waals surface area (Å²) in [5, 5.41) is 14.0. The molecular weight excluding hydrogens is 250 g/mol. The monoisotopic (exact) mass is 267 g/mol. The molecular formula is C17H17NO2. The molecule has 1 atom stereocenters. The topological polar surface area (TPSA) is 45.4 Å². The van der Waals surface area contributed by atoms with Gasteiger partial charge in [-0.3, -0.25) is 0 Å². The van der Waals surface area contributed by atoms with Crippen molar-refractivity contribution in [3.05, 3.63) is 65.9 Å². The molecule has 0 spiro atoms. The van der Waals surface area contributed by atoms with Crippen LogP contribution in [0.2, 0.25) is 0 Å². The van der Waals surface area contributed by atoms with Gasteiger partial charge in [-0.2, -0.15) is 0 Å². The summed E-state index contributed by atoms with van der Waals surface area (Å²) in [4.78, 5) is 0. The van der Waals surface area contributed by atoms with Crippen LogP contribution in [0.15, 0.2) is 59.0 Å². The van der Waals surface area contributed by atoms with Crippen molar-refractivity contribution in [2.24, 2.45) is 0 Å². The molecule has 0 aliphatic rings. The van der Waals surface area contributed by atoms with Crippen molar-refractivity contribution in [1.82, 2.24) is 5.32 Å². The first-order valence-corrected chi connectivity index (χ1v) is 6.72. The van der Waals surface area contributed by atoms with Crippen LogP contribution in [-0.2, 0) is 6.54 Å². The summed E-state index contributed by atoms with van der Waals surface area (Å²) in [7, 11) is 0. The maximum atomic E-state index is 9.50. The van der Waals surface area contributed by atoms with Crippen LogP contribution < -0.4 is 5.32 Å². The van der Waals surface area contributed by atoms with Gasteiger partial charge >= 0.3 is 0 Å². The van der Waals surface area contributed by atoms with E-state index in [0.29, 0.717) is 12.3 Å². The molecule has 0 radical (unpaired) electrons. The lowest BCUT2D eigenvalue weighted by Gasteiger charge is -2.13. The number of hydrogen-bond donors (Lipinski definition) is 2. The number of hydrogen-bond acceptors (Lipinski definition) is 3. The molecule has 0 saturated heterocycles. The van der Waals surface area contributed by atoms with E-state index in [1.807, 2.05) is 36.4 Å². The molecule has 3 heteroatoms. The van der Waals surface area contributed by atoms with Gasteiger partial charge in [0.25, 0.3) is 0 Å². The third-order valence-electron chi connectivity index (χ3n) is 3.43. The SMILES string of the molecule is CC(NCc1cc2ccccc2o1)c1cccc(O)c1. The summed E-state index contributed by atoms with van der Waals surface area (Å²) < 4.78 is 5.77. The first kappa shape index (κ1) is 12.8. The van der Waals surface area contributed by atoms with Gasteiger partial charge in [0, 0.05) is 11.4 Å². The first-order chi connectivity index (χ1) is 9.72. The maximum Gasteiger partial charge on any atom is 0.134 e. The van der Waals surface area contributed by atoms with Gasteiger partial charge in [-0.25, -0.2) is 0 Å². The van der Waals surface area contributed by atoms with Crippen LogP contribution in [0.1, 0.15) is 24.3 Å². The molecule has 1 unspecified atom stereocenters. The van der Waals surface area contributed by atoms with E-state index >= 15 is 0 Å². The maximum absolute atomic E-state index is 9.50. The summed E-state index contributed by atoms with van der Waals surface area (Å²) >= 11 is 0. The molecule has 3 nitrogen and oxygen atoms in total. The van der Waals surface area contributed by atoms with E-state index in [0.717, 1.165) is 22.3 Å². The van der Waals surface area contributed by atoms with Crippen LogP contribution in [-0.4, -0.2) is 5.11 Å². The Balaban J connectivity index is 1.69. The number of rotatable bonds is 4. The highest BCUT2D eigenvalue weighted by Gasteiger charge is 2.08. The number of nitrogens with one attached hydrogen (secondary N) is 1. The average Bonchev–Trinajstić information content (AvgIpc) is 2.87. The highest BCUT2D eigenvalue weighted by atomic mass is 16.3. The summed E-state index contributed by atoms with van der Waals surface area (Å²) in [6.07, 6.45) is 0. The van der Waals surface area contributed by atoms with Gasteiger partial charge in [0.05, 0.1) is 6.54 Å². The van der Waals surface area contributed by atoms with Gasteiger partial charge in [-0.15, -0.1) is 0 Å². The van der Waals surface area contributed by atoms with E-state index in [1.165, 1.54) is 0 Å². The normalized spacial score (nSPS) is 12.7. The van der Waals surface area contributed by atoms with Crippen LogP contribution in [0, 0.1) is 0 Å². The van der Waals surface area contributed by atoms with Crippen molar-refractivity contribution >= 4 is 11.0 Å². The fourth-order valence-electron chi connectivity index (χ4n) is 2.29. The van der Waals surface area contributed by atoms with Gasteiger partial charge in [0.1, 0.15) is 17.1 Å². The van der Waals surface area contributed by atoms with Crippen LogP contribution in [0.4, 0.5) is 0 Å². The second-order valence-electron chi connectivity index (χ2n) is 4.95. The lowest BCUT2D eigenvalue weighted by Crippen LogP contribution is -2.17. The van der Waals surface area contributed by atoms with Gasteiger partial charge in [0.15, 0.2) is 0 Å². The molecule has 2 N–H and O–H groups in total. The predicted molar refractivity (Wildman–Crippen MR) is 79.6 cm³/mol. The molecule has 3 rings (SSSR count). The molecule has 0 bridgehead atoms. The zero-order valence-electron chi connectivity index (χ0n) is 11.3. The number of aromatic hydroxyl groups is 1. The van der Waals surface area contributed by atoms with Gasteiger partial charge < -0.3 is 14.8 Å². The number of furan rings is 1. The van der Waals surface area contributed by atoms with E-state index in [2.05, 4.69) is 18.3 Å². The Kier molecular flexibility index (Phi) is 3.44. The Hall–Kier alpha value is -2.26. The predicted octanol–water partition coefficient (Wildman–Crippen LogP) is 3.99. The average molecular weight is 267 g/mol. The van der Waals surface area contributed by atoms with E-state index in [-0.39, 0.29) is 6.04 Å². The lowest BCUT2D eigenvalue weighted by atomic mass is 10.1. The molecule has 1 heterocycles. The van der Waals surface area contributed by atoms with Gasteiger partial charge in [0.2, 0.25) is 0 Å². The Morgan fingerprint density at radius 1 is 1.10 bits per heavy atom. The first-order valence-electron chi connectivity index (χ1n) is 6.72. The highest BCUT2D eigenvalue weighted by Crippen LogP contribution is 2.21. The Morgan fingerprint density at radius 3 is 2.75 bits per heavy atom. The number of phenols is 1. The Morgan fingerprint density at radius 2 is 1.95 bits per heavy atom. The molecule has 102 valence electrons. The van der Waals surface area contributed by atoms with Crippen LogP contribution >= 0.6 is 0 Å². The summed E-state index contributed by atoms with van der Waals surface area (Å²) in [5.41, 5.74) is 1.97. The van der Waals surface area contributed by atoms with E-state index in [1.54, 1.807) is 12.1 Å². The second-order valence-corrected chi connectivity index (χ2v) is 4.95. The molecule has 0 fully saturated rings. The van der Waals surface area contributed by atoms with Crippen LogP contribution in [0.25, 0.3) is 11.0 Å². The number of fused-ring (bicyclic) bond motifs is 1. The zero-order valence-corrected chi connectivity index (χ0v) is 11.3. The Bertz CT molecular complexity index is 685. The molecule has 0 amide bonds. The van der Waals surface area contributed by atoms with Crippen molar-refractivity contribution in [3.63, 3.8) is 0 Å². The molecule has 0 saturated carbocycles. The van der Waals surface area contributed by atoms with Crippen LogP contribution in [0.3, 0.4) is 0 Å². The minimum atomic E-state index is 0.148. The third-order valence-corrected chi connectivity index (χ3v) is 3.43. The number of para-hydroxylation sites is 1. The minimum Gasteiger partial charge on any atom is -0.508 e. The minimum absolute atomic E-state index is 0.148. The van der Waals surface area contributed by atoms with Crippen molar-refractivity contribution in [2.45, 2.75) is 19.5 Å². The van der Waals surface area contributed by atoms with Crippen molar-refractivity contribution < 1.29 is 9.52 Å². The van der Waals surface area contributed by atoms with Crippen molar-refractivity contribution in [1.29, 1.82) is 0 Å². The van der Waals surface area contributed by atoms with Crippen molar-refractivity contribution in [3.8, 4) is 5.75 Å². The zero-order chi connectivity index (χ0) is 13.9. The largest absolute Gasteiger partial charge is 0.508 e. The van der Waals surface area contributed by atoms with E-state index in [9.17, 15) is 5.11 Å². The molecule has 0 aliphatic carbocycles. The standard InChI is InChI=1S/C17H17NO2/c1-12(13-6-4-7-15(19)9-13)18-11-16-10-14-5-2-3-8-17(14)20-16/h2-10,12,18-19H,11H2,1H3. The van der Waals surface area contributed by atoms with Gasteiger partial charge in [-0.05, 0) is 36.8 Å². The molecule has 2 aromatic carbocycles. The molecule has 20 heavy (non-hydrogen) atoms. The molecule has 0 aliphatic heterocycles. The fourth-order valence-corrected chi connectivity index (χ4v) is 2.29. The second kappa shape index (κ2) is 5.39. The fraction of sp³-hybridized carbons (Fsp3) is 0.176. The van der Waals surface area contributed by atoms with Crippen LogP contribution in [0.5, 0.6) is 5.75 Å². The smallest absolute Gasteiger partial charge is 0.134 e. The van der Waals surface area contributed by atoms with E-state index < -0.39 is 0 Å². The Labute approximate surface area is 117 Å². The van der Waals surface area contributed by atoms with Crippen molar-refractivity contribution in [2.75, 3.05) is 0 Å². The molecule has 1 aromatic heterocycles. The van der Waals surface area contributed by atoms with Gasteiger partial charge in [-0.1, -0.05) is 30.3 Å². The molecule has 3 aromatic rings. The summed E-state index contributed by atoms with van der Waals surface area (Å²) in [5.74, 6) is 1.21. The highest BCUT2D eigenvalue weighted by molar-refractivity contribution is 5.77.